The maximum atomic E-state index is 6.11. The van der Waals surface area contributed by atoms with Gasteiger partial charge in [-0.15, -0.1) is 11.3 Å². The average molecular weight is 368 g/mol. The van der Waals surface area contributed by atoms with Crippen LogP contribution in [-0.2, 0) is 0 Å². The van der Waals surface area contributed by atoms with Gasteiger partial charge in [-0.05, 0) is 58.1 Å². The molecule has 1 unspecified atom stereocenters. The number of fused-ring (bicyclic) bond motifs is 1. The Labute approximate surface area is 134 Å². The Balaban J connectivity index is 1.88. The summed E-state index contributed by atoms with van der Waals surface area (Å²) in [6, 6.07) is 10.2. The summed E-state index contributed by atoms with van der Waals surface area (Å²) in [5.74, 6) is 0. The Hall–Kier alpha value is -1.10. The Morgan fingerprint density at radius 3 is 3.05 bits per heavy atom. The SMILES string of the molecule is CC(Nc1cccc(Cl)c1Br)c1cnc2ccsc2c1. The molecule has 2 nitrogen and oxygen atoms in total. The van der Waals surface area contributed by atoms with Crippen molar-refractivity contribution in [2.24, 2.45) is 0 Å². The Kier molecular flexibility index (Phi) is 3.96. The summed E-state index contributed by atoms with van der Waals surface area (Å²) in [7, 11) is 0. The molecule has 0 aliphatic rings. The lowest BCUT2D eigenvalue weighted by molar-refractivity contribution is 0.879. The van der Waals surface area contributed by atoms with Crippen LogP contribution < -0.4 is 5.32 Å². The molecule has 0 aliphatic heterocycles. The molecule has 3 rings (SSSR count). The number of hydrogen-bond donors (Lipinski definition) is 1. The van der Waals surface area contributed by atoms with Crippen molar-refractivity contribution in [2.45, 2.75) is 13.0 Å². The second kappa shape index (κ2) is 5.72. The number of benzene rings is 1. The summed E-state index contributed by atoms with van der Waals surface area (Å²) in [6.07, 6.45) is 1.92. The van der Waals surface area contributed by atoms with Gasteiger partial charge in [0.1, 0.15) is 0 Å². The molecule has 0 aliphatic carbocycles. The Bertz CT molecular complexity index is 756. The summed E-state index contributed by atoms with van der Waals surface area (Å²) in [6.45, 7) is 2.11. The summed E-state index contributed by atoms with van der Waals surface area (Å²) in [5, 5.41) is 6.22. The van der Waals surface area contributed by atoms with Crippen molar-refractivity contribution in [1.82, 2.24) is 4.98 Å². The normalized spacial score (nSPS) is 12.6. The maximum Gasteiger partial charge on any atom is 0.0809 e. The lowest BCUT2D eigenvalue weighted by Gasteiger charge is -2.17. The van der Waals surface area contributed by atoms with Crippen LogP contribution in [0.3, 0.4) is 0 Å². The first-order chi connectivity index (χ1) is 9.65. The first-order valence-corrected chi connectivity index (χ1v) is 8.24. The van der Waals surface area contributed by atoms with Crippen LogP contribution in [0.25, 0.3) is 10.2 Å². The van der Waals surface area contributed by atoms with Crippen LogP contribution in [0.2, 0.25) is 5.02 Å². The summed E-state index contributed by atoms with van der Waals surface area (Å²) < 4.78 is 2.10. The van der Waals surface area contributed by atoms with Crippen molar-refractivity contribution >= 4 is 54.8 Å². The van der Waals surface area contributed by atoms with Crippen molar-refractivity contribution in [1.29, 1.82) is 0 Å². The fourth-order valence-corrected chi connectivity index (χ4v) is 3.37. The van der Waals surface area contributed by atoms with Gasteiger partial charge >= 0.3 is 0 Å². The molecule has 3 aromatic rings. The number of nitrogens with zero attached hydrogens (tertiary/aromatic N) is 1. The number of anilines is 1. The van der Waals surface area contributed by atoms with Crippen LogP contribution in [0, 0.1) is 0 Å². The molecule has 1 aromatic carbocycles. The highest BCUT2D eigenvalue weighted by atomic mass is 79.9. The minimum Gasteiger partial charge on any atom is -0.378 e. The van der Waals surface area contributed by atoms with E-state index >= 15 is 0 Å². The summed E-state index contributed by atoms with van der Waals surface area (Å²) >= 11 is 11.3. The number of aromatic nitrogens is 1. The predicted octanol–water partition coefficient (Wildman–Crippen LogP) is 5.89. The van der Waals surface area contributed by atoms with Gasteiger partial charge in [0.15, 0.2) is 0 Å². The molecular formula is C15H12BrClN2S. The zero-order valence-corrected chi connectivity index (χ0v) is 13.9. The topological polar surface area (TPSA) is 24.9 Å². The Morgan fingerprint density at radius 2 is 2.20 bits per heavy atom. The van der Waals surface area contributed by atoms with E-state index in [-0.39, 0.29) is 6.04 Å². The summed E-state index contributed by atoms with van der Waals surface area (Å²) in [5.41, 5.74) is 3.19. The van der Waals surface area contributed by atoms with E-state index in [0.717, 1.165) is 21.2 Å². The number of halogens is 2. The van der Waals surface area contributed by atoms with Crippen LogP contribution >= 0.6 is 38.9 Å². The fraction of sp³-hybridized carbons (Fsp3) is 0.133. The van der Waals surface area contributed by atoms with Gasteiger partial charge in [-0.1, -0.05) is 17.7 Å². The fourth-order valence-electron chi connectivity index (χ4n) is 2.03. The molecule has 0 spiro atoms. The highest BCUT2D eigenvalue weighted by molar-refractivity contribution is 9.10. The largest absolute Gasteiger partial charge is 0.378 e. The third kappa shape index (κ3) is 2.68. The smallest absolute Gasteiger partial charge is 0.0809 e. The van der Waals surface area contributed by atoms with Crippen molar-refractivity contribution in [3.63, 3.8) is 0 Å². The van der Waals surface area contributed by atoms with Crippen molar-refractivity contribution in [2.75, 3.05) is 5.32 Å². The molecule has 0 radical (unpaired) electrons. The van der Waals surface area contributed by atoms with E-state index in [9.17, 15) is 0 Å². The van der Waals surface area contributed by atoms with Gasteiger partial charge in [-0.25, -0.2) is 0 Å². The monoisotopic (exact) mass is 366 g/mol. The molecule has 0 amide bonds. The number of hydrogen-bond acceptors (Lipinski definition) is 3. The first kappa shape index (κ1) is 13.9. The van der Waals surface area contributed by atoms with Crippen molar-refractivity contribution in [3.8, 4) is 0 Å². The second-order valence-corrected chi connectivity index (χ2v) is 6.69. The Morgan fingerprint density at radius 1 is 1.35 bits per heavy atom. The number of thiophene rings is 1. The summed E-state index contributed by atoms with van der Waals surface area (Å²) in [4.78, 5) is 4.48. The standard InChI is InChI=1S/C15H12BrClN2S/c1-9(19-13-4-2-3-11(17)15(13)16)10-7-14-12(18-8-10)5-6-20-14/h2-9,19H,1H3. The van der Waals surface area contributed by atoms with Crippen LogP contribution in [0.5, 0.6) is 0 Å². The van der Waals surface area contributed by atoms with E-state index in [1.165, 1.54) is 4.70 Å². The molecule has 0 saturated heterocycles. The van der Waals surface area contributed by atoms with Gasteiger partial charge in [-0.2, -0.15) is 0 Å². The second-order valence-electron chi connectivity index (χ2n) is 4.54. The maximum absolute atomic E-state index is 6.11. The molecule has 20 heavy (non-hydrogen) atoms. The number of nitrogens with one attached hydrogen (secondary N) is 1. The van der Waals surface area contributed by atoms with E-state index in [1.807, 2.05) is 30.5 Å². The van der Waals surface area contributed by atoms with Crippen LogP contribution in [-0.4, -0.2) is 4.98 Å². The van der Waals surface area contributed by atoms with E-state index in [0.29, 0.717) is 5.02 Å². The molecule has 0 saturated carbocycles. The zero-order valence-electron chi connectivity index (χ0n) is 10.7. The third-order valence-corrected chi connectivity index (χ3v) is 5.40. The first-order valence-electron chi connectivity index (χ1n) is 6.19. The van der Waals surface area contributed by atoms with Gasteiger partial charge in [0.25, 0.3) is 0 Å². The minimum absolute atomic E-state index is 0.156. The molecule has 0 fully saturated rings. The van der Waals surface area contributed by atoms with Gasteiger partial charge in [-0.3, -0.25) is 4.98 Å². The van der Waals surface area contributed by atoms with Crippen LogP contribution in [0.4, 0.5) is 5.69 Å². The van der Waals surface area contributed by atoms with E-state index in [4.69, 9.17) is 11.6 Å². The molecule has 2 aromatic heterocycles. The zero-order chi connectivity index (χ0) is 14.1. The van der Waals surface area contributed by atoms with Gasteiger partial charge in [0.05, 0.1) is 31.4 Å². The molecule has 1 atom stereocenters. The van der Waals surface area contributed by atoms with Crippen LogP contribution in [0.15, 0.2) is 46.4 Å². The van der Waals surface area contributed by atoms with Crippen molar-refractivity contribution in [3.05, 3.63) is 57.0 Å². The quantitative estimate of drug-likeness (QED) is 0.624. The number of pyridine rings is 1. The van der Waals surface area contributed by atoms with E-state index < -0.39 is 0 Å². The molecule has 2 heterocycles. The third-order valence-electron chi connectivity index (χ3n) is 3.15. The molecule has 1 N–H and O–H groups in total. The predicted molar refractivity (Wildman–Crippen MR) is 90.8 cm³/mol. The van der Waals surface area contributed by atoms with E-state index in [1.54, 1.807) is 11.3 Å². The molecular weight excluding hydrogens is 356 g/mol. The number of rotatable bonds is 3. The van der Waals surface area contributed by atoms with E-state index in [2.05, 4.69) is 44.6 Å². The lowest BCUT2D eigenvalue weighted by atomic mass is 10.1. The highest BCUT2D eigenvalue weighted by Gasteiger charge is 2.10. The lowest BCUT2D eigenvalue weighted by Crippen LogP contribution is -2.07. The average Bonchev–Trinajstić information content (AvgIpc) is 2.91. The van der Waals surface area contributed by atoms with Crippen LogP contribution in [0.1, 0.15) is 18.5 Å². The minimum atomic E-state index is 0.156. The van der Waals surface area contributed by atoms with Gasteiger partial charge in [0.2, 0.25) is 0 Å². The molecule has 5 heteroatoms. The van der Waals surface area contributed by atoms with Gasteiger partial charge < -0.3 is 5.32 Å². The highest BCUT2D eigenvalue weighted by Crippen LogP contribution is 2.33. The molecule has 102 valence electrons. The molecule has 0 bridgehead atoms. The van der Waals surface area contributed by atoms with Crippen molar-refractivity contribution < 1.29 is 0 Å². The van der Waals surface area contributed by atoms with Gasteiger partial charge in [0, 0.05) is 6.20 Å².